The lowest BCUT2D eigenvalue weighted by atomic mass is 9.87. The van der Waals surface area contributed by atoms with Crippen molar-refractivity contribution < 1.29 is 22.7 Å². The van der Waals surface area contributed by atoms with Crippen LogP contribution in [0.15, 0.2) is 79.0 Å². The minimum atomic E-state index is -4.47. The predicted octanol–water partition coefficient (Wildman–Crippen LogP) is 6.03. The van der Waals surface area contributed by atoms with E-state index in [2.05, 4.69) is 10.3 Å². The molecule has 33 heavy (non-hydrogen) atoms. The number of hydrogen-bond acceptors (Lipinski definition) is 2. The average Bonchev–Trinajstić information content (AvgIpc) is 3.24. The number of amides is 1. The number of fused-ring (bicyclic) bond motifs is 1. The number of rotatable bonds is 7. The minimum Gasteiger partial charge on any atom is -0.497 e. The predicted molar refractivity (Wildman–Crippen MR) is 121 cm³/mol. The molecule has 2 N–H and O–H groups in total. The van der Waals surface area contributed by atoms with Crippen molar-refractivity contribution in [3.8, 4) is 5.75 Å². The van der Waals surface area contributed by atoms with Gasteiger partial charge in [-0.2, -0.15) is 13.2 Å². The molecular formula is C26H23F3N2O2. The molecule has 0 unspecified atom stereocenters. The third kappa shape index (κ3) is 5.19. The Morgan fingerprint density at radius 2 is 1.82 bits per heavy atom. The van der Waals surface area contributed by atoms with Crippen LogP contribution in [0.2, 0.25) is 0 Å². The third-order valence-electron chi connectivity index (χ3n) is 5.63. The summed E-state index contributed by atoms with van der Waals surface area (Å²) < 4.78 is 45.5. The Hall–Kier alpha value is -3.74. The van der Waals surface area contributed by atoms with Gasteiger partial charge in [0.2, 0.25) is 5.91 Å². The number of H-pyrrole nitrogens is 1. The fourth-order valence-electron chi connectivity index (χ4n) is 3.93. The Kier molecular flexibility index (Phi) is 6.40. The summed E-state index contributed by atoms with van der Waals surface area (Å²) in [6, 6.07) is 20.1. The van der Waals surface area contributed by atoms with Crippen LogP contribution < -0.4 is 10.1 Å². The highest BCUT2D eigenvalue weighted by molar-refractivity contribution is 5.87. The highest BCUT2D eigenvalue weighted by atomic mass is 19.4. The van der Waals surface area contributed by atoms with Crippen molar-refractivity contribution in [1.29, 1.82) is 0 Å². The van der Waals surface area contributed by atoms with E-state index in [0.29, 0.717) is 17.9 Å². The number of halogens is 3. The van der Waals surface area contributed by atoms with E-state index in [1.807, 2.05) is 42.5 Å². The summed E-state index contributed by atoms with van der Waals surface area (Å²) in [6.45, 7) is 0.344. The van der Waals surface area contributed by atoms with Crippen LogP contribution in [-0.2, 0) is 17.5 Å². The van der Waals surface area contributed by atoms with Gasteiger partial charge in [-0.1, -0.05) is 48.5 Å². The van der Waals surface area contributed by atoms with Crippen LogP contribution >= 0.6 is 0 Å². The summed E-state index contributed by atoms with van der Waals surface area (Å²) in [4.78, 5) is 16.0. The van der Waals surface area contributed by atoms with Gasteiger partial charge < -0.3 is 15.0 Å². The smallest absolute Gasteiger partial charge is 0.416 e. The summed E-state index contributed by atoms with van der Waals surface area (Å²) in [7, 11) is 1.55. The van der Waals surface area contributed by atoms with Gasteiger partial charge >= 0.3 is 6.18 Å². The average molecular weight is 452 g/mol. The number of carbonyl (C=O) groups is 1. The maximum atomic E-state index is 13.4. The largest absolute Gasteiger partial charge is 0.497 e. The Morgan fingerprint density at radius 1 is 1.03 bits per heavy atom. The molecule has 7 heteroatoms. The number of benzene rings is 3. The minimum absolute atomic E-state index is 0.00168. The molecule has 0 radical (unpaired) electrons. The van der Waals surface area contributed by atoms with Crippen LogP contribution in [-0.4, -0.2) is 18.0 Å². The molecule has 4 rings (SSSR count). The van der Waals surface area contributed by atoms with Gasteiger partial charge in [-0.3, -0.25) is 4.79 Å². The molecular weight excluding hydrogens is 429 g/mol. The maximum absolute atomic E-state index is 13.4. The zero-order valence-corrected chi connectivity index (χ0v) is 17.9. The monoisotopic (exact) mass is 452 g/mol. The maximum Gasteiger partial charge on any atom is 0.416 e. The number of methoxy groups -OCH3 is 1. The number of aromatic nitrogens is 1. The van der Waals surface area contributed by atoms with Gasteiger partial charge in [-0.05, 0) is 41.0 Å². The van der Waals surface area contributed by atoms with Gasteiger partial charge in [0, 0.05) is 36.0 Å². The van der Waals surface area contributed by atoms with Gasteiger partial charge in [0.1, 0.15) is 5.75 Å². The van der Waals surface area contributed by atoms with Crippen molar-refractivity contribution in [3.05, 3.63) is 101 Å². The number of aromatic amines is 1. The highest BCUT2D eigenvalue weighted by Gasteiger charge is 2.32. The van der Waals surface area contributed by atoms with Gasteiger partial charge in [-0.25, -0.2) is 0 Å². The van der Waals surface area contributed by atoms with E-state index >= 15 is 0 Å². The molecule has 0 spiro atoms. The van der Waals surface area contributed by atoms with E-state index < -0.39 is 17.7 Å². The number of alkyl halides is 3. The molecule has 0 aliphatic carbocycles. The topological polar surface area (TPSA) is 54.1 Å². The van der Waals surface area contributed by atoms with E-state index in [0.717, 1.165) is 34.2 Å². The standard InChI is InChI=1S/C26H23F3N2O2/c1-33-20-10-11-24-22(13-20)23(16-30-24)21(18-8-5-9-19(12-18)26(27,28)29)14-25(32)31-15-17-6-3-2-4-7-17/h2-13,16,21,30H,14-15H2,1H3,(H,31,32)/t21-/m1/s1. The fraction of sp³-hybridized carbons (Fsp3) is 0.192. The summed E-state index contributed by atoms with van der Waals surface area (Å²) in [6.07, 6.45) is -2.72. The first kappa shape index (κ1) is 22.5. The second-order valence-electron chi connectivity index (χ2n) is 7.80. The van der Waals surface area contributed by atoms with E-state index in [4.69, 9.17) is 4.74 Å². The van der Waals surface area contributed by atoms with Gasteiger partial charge in [0.05, 0.1) is 12.7 Å². The molecule has 0 aliphatic heterocycles. The van der Waals surface area contributed by atoms with Crippen molar-refractivity contribution >= 4 is 16.8 Å². The van der Waals surface area contributed by atoms with Crippen LogP contribution in [0.1, 0.15) is 34.6 Å². The summed E-state index contributed by atoms with van der Waals surface area (Å²) in [5.74, 6) is -0.206. The Balaban J connectivity index is 1.69. The van der Waals surface area contributed by atoms with Crippen LogP contribution in [0.25, 0.3) is 10.9 Å². The molecule has 4 aromatic rings. The van der Waals surface area contributed by atoms with Crippen molar-refractivity contribution in [2.24, 2.45) is 0 Å². The summed E-state index contributed by atoms with van der Waals surface area (Å²) in [5, 5.41) is 3.68. The van der Waals surface area contributed by atoms with E-state index in [9.17, 15) is 18.0 Å². The molecule has 0 aliphatic rings. The molecule has 1 amide bonds. The van der Waals surface area contributed by atoms with Gasteiger partial charge in [0.25, 0.3) is 0 Å². The number of carbonyl (C=O) groups excluding carboxylic acids is 1. The fourth-order valence-corrected chi connectivity index (χ4v) is 3.93. The molecule has 1 aromatic heterocycles. The normalized spacial score (nSPS) is 12.5. The van der Waals surface area contributed by atoms with Crippen molar-refractivity contribution in [2.45, 2.75) is 25.1 Å². The molecule has 4 nitrogen and oxygen atoms in total. The first-order valence-electron chi connectivity index (χ1n) is 10.5. The summed E-state index contributed by atoms with van der Waals surface area (Å²) in [5.41, 5.74) is 2.17. The second-order valence-corrected chi connectivity index (χ2v) is 7.80. The molecule has 1 atom stereocenters. The van der Waals surface area contributed by atoms with Gasteiger partial charge in [-0.15, -0.1) is 0 Å². The van der Waals surface area contributed by atoms with E-state index in [1.54, 1.807) is 25.4 Å². The van der Waals surface area contributed by atoms with Crippen molar-refractivity contribution in [1.82, 2.24) is 10.3 Å². The lowest BCUT2D eigenvalue weighted by Gasteiger charge is -2.19. The molecule has 3 aromatic carbocycles. The number of ether oxygens (including phenoxy) is 1. The van der Waals surface area contributed by atoms with Crippen molar-refractivity contribution in [3.63, 3.8) is 0 Å². The molecule has 1 heterocycles. The van der Waals surface area contributed by atoms with Crippen LogP contribution in [0.3, 0.4) is 0 Å². The lowest BCUT2D eigenvalue weighted by molar-refractivity contribution is -0.137. The first-order valence-corrected chi connectivity index (χ1v) is 10.5. The van der Waals surface area contributed by atoms with Crippen molar-refractivity contribution in [2.75, 3.05) is 7.11 Å². The molecule has 0 saturated carbocycles. The molecule has 0 bridgehead atoms. The Bertz CT molecular complexity index is 1250. The van der Waals surface area contributed by atoms with Crippen LogP contribution in [0.5, 0.6) is 5.75 Å². The van der Waals surface area contributed by atoms with Gasteiger partial charge in [0.15, 0.2) is 0 Å². The quantitative estimate of drug-likeness (QED) is 0.360. The zero-order chi connectivity index (χ0) is 23.4. The molecule has 0 saturated heterocycles. The third-order valence-corrected chi connectivity index (χ3v) is 5.63. The number of nitrogens with one attached hydrogen (secondary N) is 2. The Labute approximate surface area is 189 Å². The first-order chi connectivity index (χ1) is 15.8. The van der Waals surface area contributed by atoms with Crippen LogP contribution in [0.4, 0.5) is 13.2 Å². The second kappa shape index (κ2) is 9.40. The van der Waals surface area contributed by atoms with Crippen LogP contribution in [0, 0.1) is 0 Å². The lowest BCUT2D eigenvalue weighted by Crippen LogP contribution is -2.25. The Morgan fingerprint density at radius 3 is 2.55 bits per heavy atom. The summed E-state index contributed by atoms with van der Waals surface area (Å²) >= 11 is 0. The van der Waals surface area contributed by atoms with E-state index in [-0.39, 0.29) is 12.3 Å². The SMILES string of the molecule is COc1ccc2[nH]cc([C@H](CC(=O)NCc3ccccc3)c3cccc(C(F)(F)F)c3)c2c1. The number of hydrogen-bond donors (Lipinski definition) is 2. The molecule has 170 valence electrons. The molecule has 0 fully saturated rings. The zero-order valence-electron chi connectivity index (χ0n) is 17.9. The highest BCUT2D eigenvalue weighted by Crippen LogP contribution is 2.37. The van der Waals surface area contributed by atoms with E-state index in [1.165, 1.54) is 6.07 Å².